The van der Waals surface area contributed by atoms with Crippen molar-refractivity contribution >= 4 is 23.4 Å². The molecule has 0 bridgehead atoms. The zero-order chi connectivity index (χ0) is 22.4. The Morgan fingerprint density at radius 2 is 2.18 bits per heavy atom. The van der Waals surface area contributed by atoms with Crippen LogP contribution in [0.1, 0.15) is 29.6 Å². The van der Waals surface area contributed by atoms with Crippen LogP contribution in [0, 0.1) is 5.92 Å². The predicted octanol–water partition coefficient (Wildman–Crippen LogP) is 2.10. The molecule has 1 aliphatic carbocycles. The van der Waals surface area contributed by atoms with E-state index in [1.807, 2.05) is 12.1 Å². The number of aromatic nitrogens is 3. The first-order chi connectivity index (χ1) is 16.2. The molecule has 1 saturated heterocycles. The van der Waals surface area contributed by atoms with Crippen molar-refractivity contribution < 1.29 is 23.8 Å². The maximum absolute atomic E-state index is 13.0. The molecule has 0 radical (unpaired) electrons. The van der Waals surface area contributed by atoms with Gasteiger partial charge in [0.05, 0.1) is 23.3 Å². The van der Waals surface area contributed by atoms with E-state index >= 15 is 0 Å². The van der Waals surface area contributed by atoms with Crippen LogP contribution in [-0.2, 0) is 4.79 Å². The SMILES string of the molecule is O=CN1CC[C@H](NC(=O)c2c[nH]c3c(-c4c(OCC5CC5)ccc5c4OCO5)ncnc23)C1. The van der Waals surface area contributed by atoms with Crippen LogP contribution in [0.15, 0.2) is 24.7 Å². The first-order valence-corrected chi connectivity index (χ1v) is 11.1. The van der Waals surface area contributed by atoms with E-state index < -0.39 is 0 Å². The Balaban J connectivity index is 1.36. The first-order valence-electron chi connectivity index (χ1n) is 11.1. The summed E-state index contributed by atoms with van der Waals surface area (Å²) in [6, 6.07) is 3.62. The van der Waals surface area contributed by atoms with Gasteiger partial charge in [-0.25, -0.2) is 9.97 Å². The second-order valence-corrected chi connectivity index (χ2v) is 8.63. The van der Waals surface area contributed by atoms with Crippen LogP contribution in [0.5, 0.6) is 17.2 Å². The van der Waals surface area contributed by atoms with E-state index in [0.717, 1.165) is 12.8 Å². The average molecular weight is 449 g/mol. The Bertz CT molecular complexity index is 1240. The molecule has 3 aliphatic rings. The number of fused-ring (bicyclic) bond motifs is 2. The minimum absolute atomic E-state index is 0.0840. The van der Waals surface area contributed by atoms with Crippen molar-refractivity contribution in [3.63, 3.8) is 0 Å². The molecule has 2 fully saturated rings. The Labute approximate surface area is 189 Å². The highest BCUT2D eigenvalue weighted by Crippen LogP contribution is 2.48. The largest absolute Gasteiger partial charge is 0.492 e. The Morgan fingerprint density at radius 3 is 3.00 bits per heavy atom. The Hall–Kier alpha value is -3.82. The number of nitrogens with zero attached hydrogens (tertiary/aromatic N) is 3. The lowest BCUT2D eigenvalue weighted by molar-refractivity contribution is -0.117. The quantitative estimate of drug-likeness (QED) is 0.530. The van der Waals surface area contributed by atoms with Gasteiger partial charge in [0.15, 0.2) is 11.5 Å². The molecule has 33 heavy (non-hydrogen) atoms. The zero-order valence-electron chi connectivity index (χ0n) is 17.9. The van der Waals surface area contributed by atoms with E-state index in [4.69, 9.17) is 14.2 Å². The van der Waals surface area contributed by atoms with Gasteiger partial charge in [0, 0.05) is 25.3 Å². The molecule has 3 aromatic rings. The van der Waals surface area contributed by atoms with Crippen molar-refractivity contribution in [2.75, 3.05) is 26.5 Å². The number of benzene rings is 1. The number of ether oxygens (including phenoxy) is 3. The molecule has 1 aromatic carbocycles. The molecule has 10 nitrogen and oxygen atoms in total. The maximum Gasteiger partial charge on any atom is 0.255 e. The summed E-state index contributed by atoms with van der Waals surface area (Å²) in [5.74, 6) is 2.20. The number of aromatic amines is 1. The lowest BCUT2D eigenvalue weighted by atomic mass is 10.1. The van der Waals surface area contributed by atoms with Crippen molar-refractivity contribution in [2.24, 2.45) is 5.92 Å². The van der Waals surface area contributed by atoms with Gasteiger partial charge >= 0.3 is 0 Å². The summed E-state index contributed by atoms with van der Waals surface area (Å²) in [5, 5.41) is 3.00. The number of likely N-dealkylation sites (tertiary alicyclic amines) is 1. The van der Waals surface area contributed by atoms with Gasteiger partial charge in [0.2, 0.25) is 13.2 Å². The number of rotatable bonds is 7. The van der Waals surface area contributed by atoms with Crippen molar-refractivity contribution in [2.45, 2.75) is 25.3 Å². The first kappa shape index (κ1) is 19.8. The smallest absolute Gasteiger partial charge is 0.255 e. The van der Waals surface area contributed by atoms with Crippen molar-refractivity contribution in [3.05, 3.63) is 30.2 Å². The van der Waals surface area contributed by atoms with Crippen LogP contribution in [0.2, 0.25) is 0 Å². The van der Waals surface area contributed by atoms with Gasteiger partial charge in [0.1, 0.15) is 23.3 Å². The molecule has 1 atom stereocenters. The number of amides is 2. The summed E-state index contributed by atoms with van der Waals surface area (Å²) >= 11 is 0. The second-order valence-electron chi connectivity index (χ2n) is 8.63. The summed E-state index contributed by atoms with van der Waals surface area (Å²) in [5.41, 5.74) is 2.81. The van der Waals surface area contributed by atoms with Gasteiger partial charge in [-0.2, -0.15) is 0 Å². The fourth-order valence-electron chi connectivity index (χ4n) is 4.36. The van der Waals surface area contributed by atoms with Crippen molar-refractivity contribution in [1.29, 1.82) is 0 Å². The molecular weight excluding hydrogens is 426 g/mol. The van der Waals surface area contributed by atoms with Crippen LogP contribution >= 0.6 is 0 Å². The lowest BCUT2D eigenvalue weighted by Crippen LogP contribution is -2.36. The fourth-order valence-corrected chi connectivity index (χ4v) is 4.36. The number of carbonyl (C=O) groups is 2. The molecule has 4 heterocycles. The van der Waals surface area contributed by atoms with Crippen LogP contribution in [0.25, 0.3) is 22.3 Å². The van der Waals surface area contributed by atoms with Gasteiger partial charge in [-0.1, -0.05) is 0 Å². The van der Waals surface area contributed by atoms with Crippen LogP contribution in [0.4, 0.5) is 0 Å². The van der Waals surface area contributed by atoms with E-state index in [1.54, 1.807) is 11.1 Å². The molecule has 170 valence electrons. The molecule has 0 unspecified atom stereocenters. The highest BCUT2D eigenvalue weighted by Gasteiger charge is 2.29. The minimum Gasteiger partial charge on any atom is -0.492 e. The number of hydrogen-bond donors (Lipinski definition) is 2. The van der Waals surface area contributed by atoms with Crippen LogP contribution in [0.3, 0.4) is 0 Å². The highest BCUT2D eigenvalue weighted by atomic mass is 16.7. The molecule has 2 amide bonds. The number of carbonyl (C=O) groups excluding carboxylic acids is 2. The third kappa shape index (κ3) is 3.61. The molecule has 1 saturated carbocycles. The highest BCUT2D eigenvalue weighted by molar-refractivity contribution is 6.08. The molecule has 2 N–H and O–H groups in total. The van der Waals surface area contributed by atoms with Gasteiger partial charge < -0.3 is 29.4 Å². The average Bonchev–Trinajstić information content (AvgIpc) is 3.20. The summed E-state index contributed by atoms with van der Waals surface area (Å²) in [7, 11) is 0. The van der Waals surface area contributed by atoms with Crippen LogP contribution < -0.4 is 19.5 Å². The Morgan fingerprint density at radius 1 is 1.27 bits per heavy atom. The van der Waals surface area contributed by atoms with Gasteiger partial charge in [0.25, 0.3) is 5.91 Å². The van der Waals surface area contributed by atoms with E-state index in [9.17, 15) is 9.59 Å². The van der Waals surface area contributed by atoms with E-state index in [2.05, 4.69) is 20.3 Å². The zero-order valence-corrected chi connectivity index (χ0v) is 17.9. The minimum atomic E-state index is -0.244. The molecule has 0 spiro atoms. The lowest BCUT2D eigenvalue weighted by Gasteiger charge is -2.14. The van der Waals surface area contributed by atoms with Crippen molar-refractivity contribution in [1.82, 2.24) is 25.2 Å². The van der Waals surface area contributed by atoms with E-state index in [-0.39, 0.29) is 18.7 Å². The predicted molar refractivity (Wildman–Crippen MR) is 117 cm³/mol. The van der Waals surface area contributed by atoms with Gasteiger partial charge in [-0.15, -0.1) is 0 Å². The molecule has 10 heteroatoms. The summed E-state index contributed by atoms with van der Waals surface area (Å²) in [6.07, 6.45) is 6.96. The molecule has 2 aliphatic heterocycles. The molecular formula is C23H23N5O5. The maximum atomic E-state index is 13.0. The van der Waals surface area contributed by atoms with E-state index in [1.165, 1.54) is 19.2 Å². The summed E-state index contributed by atoms with van der Waals surface area (Å²) in [6.45, 7) is 1.91. The number of H-pyrrole nitrogens is 1. The van der Waals surface area contributed by atoms with Crippen LogP contribution in [-0.4, -0.2) is 64.7 Å². The Kier molecular flexibility index (Phi) is 4.78. The third-order valence-corrected chi connectivity index (χ3v) is 6.32. The third-order valence-electron chi connectivity index (χ3n) is 6.32. The standard InChI is InChI=1S/C23H23N5O5/c29-11-28-6-5-14(8-28)27-23(30)15-7-24-21-19(15)25-10-26-20(21)18-16(31-9-13-1-2-13)3-4-17-22(18)33-12-32-17/h3-4,7,10-11,13-14,24H,1-2,5-6,8-9,12H2,(H,27,30)/t14-/m0/s1. The summed E-state index contributed by atoms with van der Waals surface area (Å²) < 4.78 is 17.5. The molecule has 2 aromatic heterocycles. The monoisotopic (exact) mass is 449 g/mol. The molecule has 6 rings (SSSR count). The second kappa shape index (κ2) is 7.95. The topological polar surface area (TPSA) is 119 Å². The normalized spacial score (nSPS) is 19.2. The van der Waals surface area contributed by atoms with E-state index in [0.29, 0.717) is 70.7 Å². The van der Waals surface area contributed by atoms with Crippen molar-refractivity contribution in [3.8, 4) is 28.5 Å². The van der Waals surface area contributed by atoms with Gasteiger partial charge in [-0.3, -0.25) is 9.59 Å². The summed E-state index contributed by atoms with van der Waals surface area (Å²) in [4.78, 5) is 37.7. The number of hydrogen-bond acceptors (Lipinski definition) is 7. The number of nitrogens with one attached hydrogen (secondary N) is 2. The fraction of sp³-hybridized carbons (Fsp3) is 0.391. The van der Waals surface area contributed by atoms with Gasteiger partial charge in [-0.05, 0) is 37.3 Å².